The van der Waals surface area contributed by atoms with Gasteiger partial charge in [-0.2, -0.15) is 0 Å². The topological polar surface area (TPSA) is 22.1 Å². The third-order valence-electron chi connectivity index (χ3n) is 2.78. The molecule has 0 bridgehead atoms. The first kappa shape index (κ1) is 14.2. The molecular formula is C15H15Cl2NO. The molecule has 2 nitrogen and oxygen atoms in total. The van der Waals surface area contributed by atoms with Crippen molar-refractivity contribution in [3.05, 3.63) is 51.7 Å². The van der Waals surface area contributed by atoms with E-state index in [4.69, 9.17) is 27.9 Å². The Kier molecular flexibility index (Phi) is 4.33. The summed E-state index contributed by atoms with van der Waals surface area (Å²) in [7, 11) is 0. The largest absolute Gasteiger partial charge is 0.438 e. The number of nitrogens with zero attached hydrogens (tertiary/aromatic N) is 1. The van der Waals surface area contributed by atoms with Gasteiger partial charge in [-0.15, -0.1) is 11.6 Å². The van der Waals surface area contributed by atoms with E-state index in [-0.39, 0.29) is 0 Å². The van der Waals surface area contributed by atoms with Crippen molar-refractivity contribution in [1.82, 2.24) is 4.98 Å². The number of benzene rings is 1. The van der Waals surface area contributed by atoms with Gasteiger partial charge in [0.05, 0.1) is 0 Å². The Labute approximate surface area is 123 Å². The van der Waals surface area contributed by atoms with Crippen LogP contribution in [0.5, 0.6) is 11.6 Å². The molecule has 0 unspecified atom stereocenters. The Balaban J connectivity index is 2.39. The molecule has 1 aromatic carbocycles. The molecule has 0 aliphatic rings. The number of pyridine rings is 1. The number of aryl methyl sites for hydroxylation is 3. The van der Waals surface area contributed by atoms with Crippen molar-refractivity contribution in [3.8, 4) is 11.6 Å². The number of hydrogen-bond donors (Lipinski definition) is 0. The summed E-state index contributed by atoms with van der Waals surface area (Å²) >= 11 is 11.9. The lowest BCUT2D eigenvalue weighted by Gasteiger charge is -2.12. The lowest BCUT2D eigenvalue weighted by atomic mass is 10.1. The molecule has 1 aromatic heterocycles. The summed E-state index contributed by atoms with van der Waals surface area (Å²) < 4.78 is 5.89. The zero-order valence-corrected chi connectivity index (χ0v) is 12.6. The second-order valence-corrected chi connectivity index (χ2v) is 5.26. The van der Waals surface area contributed by atoms with Crippen molar-refractivity contribution >= 4 is 23.2 Å². The molecule has 100 valence electrons. The van der Waals surface area contributed by atoms with Gasteiger partial charge in [0, 0.05) is 22.7 Å². The summed E-state index contributed by atoms with van der Waals surface area (Å²) in [6.45, 7) is 5.85. The average molecular weight is 296 g/mol. The Morgan fingerprint density at radius 1 is 1.05 bits per heavy atom. The van der Waals surface area contributed by atoms with Gasteiger partial charge in [0.2, 0.25) is 5.88 Å². The van der Waals surface area contributed by atoms with Gasteiger partial charge in [-0.3, -0.25) is 0 Å². The van der Waals surface area contributed by atoms with Crippen molar-refractivity contribution in [2.75, 3.05) is 0 Å². The van der Waals surface area contributed by atoms with Crippen LogP contribution in [-0.4, -0.2) is 4.98 Å². The van der Waals surface area contributed by atoms with Crippen LogP contribution in [0, 0.1) is 20.8 Å². The minimum atomic E-state index is 0.443. The van der Waals surface area contributed by atoms with E-state index < -0.39 is 0 Å². The second kappa shape index (κ2) is 5.81. The highest BCUT2D eigenvalue weighted by Gasteiger charge is 2.09. The molecule has 0 saturated carbocycles. The molecule has 0 N–H and O–H groups in total. The maximum Gasteiger partial charge on any atom is 0.219 e. The highest BCUT2D eigenvalue weighted by Crippen LogP contribution is 2.31. The van der Waals surface area contributed by atoms with Gasteiger partial charge in [-0.05, 0) is 55.7 Å². The first-order chi connectivity index (χ1) is 8.99. The van der Waals surface area contributed by atoms with Crippen molar-refractivity contribution in [2.24, 2.45) is 0 Å². The molecule has 0 saturated heterocycles. The summed E-state index contributed by atoms with van der Waals surface area (Å²) in [6.07, 6.45) is 0. The van der Waals surface area contributed by atoms with E-state index >= 15 is 0 Å². The summed E-state index contributed by atoms with van der Waals surface area (Å²) in [5, 5.41) is 0.709. The zero-order valence-electron chi connectivity index (χ0n) is 11.1. The number of ether oxygens (including phenoxy) is 1. The van der Waals surface area contributed by atoms with E-state index in [0.717, 1.165) is 28.1 Å². The van der Waals surface area contributed by atoms with Gasteiger partial charge in [0.1, 0.15) is 5.75 Å². The number of alkyl halides is 1. The predicted octanol–water partition coefficient (Wildman–Crippen LogP) is 5.19. The van der Waals surface area contributed by atoms with Crippen LogP contribution in [0.2, 0.25) is 5.02 Å². The third-order valence-corrected chi connectivity index (χ3v) is 3.30. The third kappa shape index (κ3) is 3.40. The summed E-state index contributed by atoms with van der Waals surface area (Å²) in [5.41, 5.74) is 3.85. The maximum atomic E-state index is 6.01. The van der Waals surface area contributed by atoms with E-state index in [0.29, 0.717) is 16.8 Å². The maximum absolute atomic E-state index is 6.01. The highest BCUT2D eigenvalue weighted by molar-refractivity contribution is 6.30. The van der Waals surface area contributed by atoms with E-state index in [1.54, 1.807) is 0 Å². The van der Waals surface area contributed by atoms with E-state index in [1.807, 2.05) is 45.0 Å². The Hall–Kier alpha value is -1.25. The molecule has 0 aliphatic heterocycles. The quantitative estimate of drug-likeness (QED) is 0.727. The van der Waals surface area contributed by atoms with E-state index in [2.05, 4.69) is 4.98 Å². The van der Waals surface area contributed by atoms with Crippen LogP contribution in [-0.2, 0) is 5.88 Å². The predicted molar refractivity (Wildman–Crippen MR) is 79.5 cm³/mol. The van der Waals surface area contributed by atoms with Gasteiger partial charge >= 0.3 is 0 Å². The first-order valence-corrected chi connectivity index (χ1v) is 6.89. The Morgan fingerprint density at radius 2 is 1.68 bits per heavy atom. The fraction of sp³-hybridized carbons (Fsp3) is 0.267. The van der Waals surface area contributed by atoms with Crippen LogP contribution in [0.1, 0.15) is 22.4 Å². The van der Waals surface area contributed by atoms with Crippen molar-refractivity contribution < 1.29 is 4.74 Å². The minimum Gasteiger partial charge on any atom is -0.438 e. The summed E-state index contributed by atoms with van der Waals surface area (Å²) in [5.74, 6) is 1.80. The Bertz CT molecular complexity index is 588. The molecule has 0 aliphatic carbocycles. The van der Waals surface area contributed by atoms with Crippen LogP contribution >= 0.6 is 23.2 Å². The molecule has 0 amide bonds. The van der Waals surface area contributed by atoms with Gasteiger partial charge in [-0.25, -0.2) is 4.98 Å². The van der Waals surface area contributed by atoms with Crippen LogP contribution in [0.25, 0.3) is 0 Å². The van der Waals surface area contributed by atoms with Crippen molar-refractivity contribution in [1.29, 1.82) is 0 Å². The zero-order chi connectivity index (χ0) is 14.0. The standard InChI is InChI=1S/C15H15Cl2NO/c1-9-4-13(17)5-10(2)15(9)19-14-7-12(8-16)6-11(3)18-14/h4-7H,8H2,1-3H3. The molecule has 4 heteroatoms. The van der Waals surface area contributed by atoms with Gasteiger partial charge < -0.3 is 4.74 Å². The van der Waals surface area contributed by atoms with Crippen molar-refractivity contribution in [2.45, 2.75) is 26.7 Å². The monoisotopic (exact) mass is 295 g/mol. The average Bonchev–Trinajstić information content (AvgIpc) is 2.33. The van der Waals surface area contributed by atoms with Crippen LogP contribution in [0.15, 0.2) is 24.3 Å². The molecule has 0 radical (unpaired) electrons. The summed E-state index contributed by atoms with van der Waals surface area (Å²) in [6, 6.07) is 7.55. The number of hydrogen-bond acceptors (Lipinski definition) is 2. The van der Waals surface area contributed by atoms with Crippen LogP contribution < -0.4 is 4.74 Å². The van der Waals surface area contributed by atoms with E-state index in [9.17, 15) is 0 Å². The number of aromatic nitrogens is 1. The lowest BCUT2D eigenvalue weighted by molar-refractivity contribution is 0.454. The van der Waals surface area contributed by atoms with Crippen molar-refractivity contribution in [3.63, 3.8) is 0 Å². The molecular weight excluding hydrogens is 281 g/mol. The van der Waals surface area contributed by atoms with Crippen LogP contribution in [0.3, 0.4) is 0 Å². The number of rotatable bonds is 3. The second-order valence-electron chi connectivity index (χ2n) is 4.56. The molecule has 0 fully saturated rings. The summed E-state index contributed by atoms with van der Waals surface area (Å²) in [4.78, 5) is 4.37. The smallest absolute Gasteiger partial charge is 0.219 e. The Morgan fingerprint density at radius 3 is 2.26 bits per heavy atom. The normalized spacial score (nSPS) is 10.6. The van der Waals surface area contributed by atoms with Crippen LogP contribution in [0.4, 0.5) is 0 Å². The molecule has 0 spiro atoms. The fourth-order valence-electron chi connectivity index (χ4n) is 2.00. The van der Waals surface area contributed by atoms with Gasteiger partial charge in [0.15, 0.2) is 0 Å². The van der Waals surface area contributed by atoms with E-state index in [1.165, 1.54) is 0 Å². The molecule has 1 heterocycles. The molecule has 2 aromatic rings. The first-order valence-electron chi connectivity index (χ1n) is 5.97. The highest BCUT2D eigenvalue weighted by atomic mass is 35.5. The minimum absolute atomic E-state index is 0.443. The van der Waals surface area contributed by atoms with Gasteiger partial charge in [0.25, 0.3) is 0 Å². The molecule has 2 rings (SSSR count). The molecule has 19 heavy (non-hydrogen) atoms. The number of halogens is 2. The fourth-order valence-corrected chi connectivity index (χ4v) is 2.48. The lowest BCUT2D eigenvalue weighted by Crippen LogP contribution is -1.96. The van der Waals surface area contributed by atoms with Gasteiger partial charge in [-0.1, -0.05) is 11.6 Å². The SMILES string of the molecule is Cc1cc(CCl)cc(Oc2c(C)cc(Cl)cc2C)n1. The molecule has 0 atom stereocenters.